The summed E-state index contributed by atoms with van der Waals surface area (Å²) in [5, 5.41) is 1.60. The van der Waals surface area contributed by atoms with Gasteiger partial charge in [0.25, 0.3) is 5.56 Å². The second-order valence-corrected chi connectivity index (χ2v) is 4.78. The number of aryl methyl sites for hydroxylation is 1. The van der Waals surface area contributed by atoms with Crippen molar-refractivity contribution in [1.82, 2.24) is 9.55 Å². The Morgan fingerprint density at radius 3 is 3.20 bits per heavy atom. The Kier molecular flexibility index (Phi) is 1.85. The van der Waals surface area contributed by atoms with Crippen LogP contribution >= 0.6 is 11.8 Å². The normalized spacial score (nSPS) is 14.5. The lowest BCUT2D eigenvalue weighted by Crippen LogP contribution is -2.20. The second-order valence-electron chi connectivity index (χ2n) is 3.72. The van der Waals surface area contributed by atoms with Gasteiger partial charge in [0.05, 0.1) is 10.9 Å². The zero-order chi connectivity index (χ0) is 10.4. The average molecular weight is 218 g/mol. The summed E-state index contributed by atoms with van der Waals surface area (Å²) < 4.78 is 1.77. The van der Waals surface area contributed by atoms with E-state index in [4.69, 9.17) is 0 Å². The molecule has 1 aliphatic rings. The van der Waals surface area contributed by atoms with Crippen LogP contribution in [0.1, 0.15) is 5.56 Å². The van der Waals surface area contributed by atoms with E-state index in [0.717, 1.165) is 33.9 Å². The number of hydrogen-bond donors (Lipinski definition) is 0. The molecule has 15 heavy (non-hydrogen) atoms. The fourth-order valence-electron chi connectivity index (χ4n) is 1.85. The summed E-state index contributed by atoms with van der Waals surface area (Å²) in [5.74, 6) is 0.956. The van der Waals surface area contributed by atoms with Gasteiger partial charge >= 0.3 is 0 Å². The molecule has 3 rings (SSSR count). The first kappa shape index (κ1) is 8.97. The van der Waals surface area contributed by atoms with Crippen molar-refractivity contribution in [3.63, 3.8) is 0 Å². The van der Waals surface area contributed by atoms with Crippen molar-refractivity contribution < 1.29 is 0 Å². The van der Waals surface area contributed by atoms with Crippen molar-refractivity contribution in [3.05, 3.63) is 34.1 Å². The van der Waals surface area contributed by atoms with Crippen LogP contribution in [-0.4, -0.2) is 15.3 Å². The first-order chi connectivity index (χ1) is 7.25. The maximum atomic E-state index is 12.1. The van der Waals surface area contributed by atoms with Crippen molar-refractivity contribution in [2.75, 3.05) is 5.75 Å². The minimum atomic E-state index is 0.101. The lowest BCUT2D eigenvalue weighted by molar-refractivity contribution is 0.669. The van der Waals surface area contributed by atoms with Crippen LogP contribution in [0.2, 0.25) is 0 Å². The van der Waals surface area contributed by atoms with Gasteiger partial charge in [-0.15, -0.1) is 0 Å². The van der Waals surface area contributed by atoms with Crippen LogP contribution in [0.5, 0.6) is 0 Å². The molecule has 0 bridgehead atoms. The predicted octanol–water partition coefficient (Wildman–Crippen LogP) is 1.81. The second kappa shape index (κ2) is 3.10. The summed E-state index contributed by atoms with van der Waals surface area (Å²) in [4.78, 5) is 16.6. The van der Waals surface area contributed by atoms with Crippen molar-refractivity contribution in [1.29, 1.82) is 0 Å². The van der Waals surface area contributed by atoms with E-state index in [1.807, 2.05) is 25.1 Å². The Balaban J connectivity index is 2.47. The molecule has 3 nitrogen and oxygen atoms in total. The third-order valence-corrected chi connectivity index (χ3v) is 3.58. The van der Waals surface area contributed by atoms with Gasteiger partial charge in [-0.25, -0.2) is 4.98 Å². The zero-order valence-corrected chi connectivity index (χ0v) is 9.17. The van der Waals surface area contributed by atoms with Gasteiger partial charge in [-0.2, -0.15) is 0 Å². The lowest BCUT2D eigenvalue weighted by Gasteiger charge is -2.04. The standard InChI is InChI=1S/C11H10N2OS/c1-7-2-3-9-8(6-7)10(14)13-4-5-15-11(13)12-9/h2-3,6H,4-5H2,1H3. The van der Waals surface area contributed by atoms with Gasteiger partial charge in [-0.05, 0) is 19.1 Å². The number of thioether (sulfide) groups is 1. The van der Waals surface area contributed by atoms with Crippen LogP contribution in [0.3, 0.4) is 0 Å². The van der Waals surface area contributed by atoms with E-state index >= 15 is 0 Å². The number of benzene rings is 1. The Hall–Kier alpha value is -1.29. The smallest absolute Gasteiger partial charge is 0.262 e. The summed E-state index contributed by atoms with van der Waals surface area (Å²) in [7, 11) is 0. The molecule has 0 fully saturated rings. The molecular weight excluding hydrogens is 208 g/mol. The zero-order valence-electron chi connectivity index (χ0n) is 8.36. The minimum Gasteiger partial charge on any atom is -0.286 e. The first-order valence-corrected chi connectivity index (χ1v) is 5.88. The van der Waals surface area contributed by atoms with Crippen LogP contribution in [0.4, 0.5) is 0 Å². The molecule has 4 heteroatoms. The van der Waals surface area contributed by atoms with E-state index in [2.05, 4.69) is 4.98 Å². The molecule has 2 heterocycles. The molecule has 0 spiro atoms. The quantitative estimate of drug-likeness (QED) is 0.632. The number of aromatic nitrogens is 2. The Labute approximate surface area is 91.1 Å². The van der Waals surface area contributed by atoms with Crippen molar-refractivity contribution in [2.24, 2.45) is 0 Å². The highest BCUT2D eigenvalue weighted by Gasteiger charge is 2.16. The van der Waals surface area contributed by atoms with Crippen LogP contribution in [0.15, 0.2) is 28.2 Å². The van der Waals surface area contributed by atoms with Gasteiger partial charge in [-0.3, -0.25) is 9.36 Å². The SMILES string of the molecule is Cc1ccc2nc3n(c(=O)c2c1)CCS3. The number of nitrogens with zero attached hydrogens (tertiary/aromatic N) is 2. The average Bonchev–Trinajstić information content (AvgIpc) is 2.68. The molecule has 0 unspecified atom stereocenters. The van der Waals surface area contributed by atoms with Crippen LogP contribution < -0.4 is 5.56 Å². The summed E-state index contributed by atoms with van der Waals surface area (Å²) in [5.41, 5.74) is 2.02. The summed E-state index contributed by atoms with van der Waals surface area (Å²) in [6.45, 7) is 2.78. The predicted molar refractivity (Wildman–Crippen MR) is 61.5 cm³/mol. The van der Waals surface area contributed by atoms with Gasteiger partial charge in [0.1, 0.15) is 0 Å². The summed E-state index contributed by atoms with van der Waals surface area (Å²) >= 11 is 1.65. The fraction of sp³-hybridized carbons (Fsp3) is 0.273. The van der Waals surface area contributed by atoms with Crippen molar-refractivity contribution in [2.45, 2.75) is 18.6 Å². The van der Waals surface area contributed by atoms with Crippen molar-refractivity contribution >= 4 is 22.7 Å². The fourth-order valence-corrected chi connectivity index (χ4v) is 2.80. The highest BCUT2D eigenvalue weighted by Crippen LogP contribution is 2.23. The minimum absolute atomic E-state index is 0.101. The highest BCUT2D eigenvalue weighted by molar-refractivity contribution is 7.99. The van der Waals surface area contributed by atoms with Crippen LogP contribution in [-0.2, 0) is 6.54 Å². The maximum absolute atomic E-state index is 12.1. The Morgan fingerprint density at radius 1 is 1.47 bits per heavy atom. The molecule has 0 N–H and O–H groups in total. The van der Waals surface area contributed by atoms with Gasteiger partial charge in [0.15, 0.2) is 5.16 Å². The van der Waals surface area contributed by atoms with Gasteiger partial charge in [-0.1, -0.05) is 23.4 Å². The van der Waals surface area contributed by atoms with Gasteiger partial charge in [0, 0.05) is 12.3 Å². The summed E-state index contributed by atoms with van der Waals surface area (Å²) in [6.07, 6.45) is 0. The molecule has 2 aromatic rings. The van der Waals surface area contributed by atoms with E-state index in [9.17, 15) is 4.79 Å². The Bertz CT molecular complexity index is 603. The van der Waals surface area contributed by atoms with Crippen molar-refractivity contribution in [3.8, 4) is 0 Å². The molecule has 1 aromatic carbocycles. The molecule has 0 atom stereocenters. The first-order valence-electron chi connectivity index (χ1n) is 4.90. The largest absolute Gasteiger partial charge is 0.286 e. The number of rotatable bonds is 0. The third kappa shape index (κ3) is 1.28. The monoisotopic (exact) mass is 218 g/mol. The molecule has 1 aliphatic heterocycles. The molecule has 0 saturated heterocycles. The molecule has 1 aromatic heterocycles. The number of hydrogen-bond acceptors (Lipinski definition) is 3. The maximum Gasteiger partial charge on any atom is 0.262 e. The highest BCUT2D eigenvalue weighted by atomic mass is 32.2. The summed E-state index contributed by atoms with van der Waals surface area (Å²) in [6, 6.07) is 5.83. The van der Waals surface area contributed by atoms with Gasteiger partial charge in [0.2, 0.25) is 0 Å². The lowest BCUT2D eigenvalue weighted by atomic mass is 10.2. The molecular formula is C11H10N2OS. The van der Waals surface area contributed by atoms with Gasteiger partial charge < -0.3 is 0 Å². The van der Waals surface area contributed by atoms with Crippen LogP contribution in [0.25, 0.3) is 10.9 Å². The molecule has 0 aliphatic carbocycles. The number of fused-ring (bicyclic) bond motifs is 2. The van der Waals surface area contributed by atoms with E-state index in [-0.39, 0.29) is 5.56 Å². The molecule has 0 saturated carbocycles. The molecule has 76 valence electrons. The van der Waals surface area contributed by atoms with E-state index in [0.29, 0.717) is 0 Å². The van der Waals surface area contributed by atoms with Crippen LogP contribution in [0, 0.1) is 6.92 Å². The Morgan fingerprint density at radius 2 is 2.33 bits per heavy atom. The van der Waals surface area contributed by atoms with E-state index in [1.165, 1.54) is 0 Å². The van der Waals surface area contributed by atoms with E-state index < -0.39 is 0 Å². The molecule has 0 amide bonds. The topological polar surface area (TPSA) is 34.9 Å². The molecule has 0 radical (unpaired) electrons. The van der Waals surface area contributed by atoms with E-state index in [1.54, 1.807) is 16.3 Å². The third-order valence-electron chi connectivity index (χ3n) is 2.62.